The summed E-state index contributed by atoms with van der Waals surface area (Å²) in [6.45, 7) is 2.10. The van der Waals surface area contributed by atoms with Gasteiger partial charge in [-0.15, -0.1) is 0 Å². The summed E-state index contributed by atoms with van der Waals surface area (Å²) in [4.78, 5) is 23.5. The number of carbonyl (C=O) groups is 2. The summed E-state index contributed by atoms with van der Waals surface area (Å²) in [6.07, 6.45) is 1.21. The molecule has 1 fully saturated rings. The first-order valence-corrected chi connectivity index (χ1v) is 8.13. The summed E-state index contributed by atoms with van der Waals surface area (Å²) in [5.74, 6) is -0.708. The third kappa shape index (κ3) is 3.79. The van der Waals surface area contributed by atoms with Crippen molar-refractivity contribution >= 4 is 17.7 Å². The van der Waals surface area contributed by atoms with E-state index in [2.05, 4.69) is 17.0 Å². The number of hydrogen-bond donors (Lipinski definition) is 2. The van der Waals surface area contributed by atoms with Gasteiger partial charge in [-0.05, 0) is 48.4 Å². The number of benzene rings is 2. The van der Waals surface area contributed by atoms with Crippen LogP contribution in [0.4, 0.5) is 14.9 Å². The van der Waals surface area contributed by atoms with Crippen molar-refractivity contribution in [2.24, 2.45) is 11.7 Å². The van der Waals surface area contributed by atoms with Crippen LogP contribution < -0.4 is 15.8 Å². The van der Waals surface area contributed by atoms with Crippen molar-refractivity contribution in [2.75, 3.05) is 5.32 Å². The molecule has 1 aliphatic carbocycles. The van der Waals surface area contributed by atoms with E-state index in [1.165, 1.54) is 18.2 Å². The van der Waals surface area contributed by atoms with E-state index < -0.39 is 17.8 Å². The number of nitrogens with one attached hydrogen (secondary N) is 1. The minimum atomic E-state index is -1.12. The van der Waals surface area contributed by atoms with Gasteiger partial charge in [0.1, 0.15) is 0 Å². The van der Waals surface area contributed by atoms with Crippen molar-refractivity contribution in [1.82, 2.24) is 0 Å². The first kappa shape index (κ1) is 17.0. The van der Waals surface area contributed by atoms with Crippen molar-refractivity contribution in [3.63, 3.8) is 0 Å². The fourth-order valence-electron chi connectivity index (χ4n) is 2.94. The minimum Gasteiger partial charge on any atom is -0.407 e. The van der Waals surface area contributed by atoms with E-state index in [1.54, 1.807) is 12.1 Å². The standard InChI is InChI=1S/C19H19FN2O3/c1-11(12-9-10-12)13-5-2-3-6-14(13)18(23)22-15-7-4-8-16(17(15)20)25-19(21)24/h2-8,11-12H,9-10H2,1H3,(H2,21,24)(H,22,23). The molecule has 25 heavy (non-hydrogen) atoms. The Labute approximate surface area is 145 Å². The fourth-order valence-corrected chi connectivity index (χ4v) is 2.94. The van der Waals surface area contributed by atoms with Crippen LogP contribution in [0.1, 0.15) is 41.6 Å². The van der Waals surface area contributed by atoms with Crippen LogP contribution in [-0.4, -0.2) is 12.0 Å². The lowest BCUT2D eigenvalue weighted by molar-refractivity contribution is 0.102. The number of ether oxygens (including phenoxy) is 1. The zero-order chi connectivity index (χ0) is 18.0. The van der Waals surface area contributed by atoms with E-state index in [9.17, 15) is 14.0 Å². The van der Waals surface area contributed by atoms with Crippen LogP contribution in [0.5, 0.6) is 5.75 Å². The molecule has 1 unspecified atom stereocenters. The lowest BCUT2D eigenvalue weighted by Gasteiger charge is -2.16. The molecule has 0 heterocycles. The molecule has 0 spiro atoms. The summed E-state index contributed by atoms with van der Waals surface area (Å²) in [6, 6.07) is 11.5. The summed E-state index contributed by atoms with van der Waals surface area (Å²) >= 11 is 0. The molecule has 0 radical (unpaired) electrons. The van der Waals surface area contributed by atoms with E-state index >= 15 is 0 Å². The summed E-state index contributed by atoms with van der Waals surface area (Å²) < 4.78 is 18.9. The van der Waals surface area contributed by atoms with Crippen molar-refractivity contribution in [3.05, 3.63) is 59.4 Å². The Hall–Kier alpha value is -2.89. The van der Waals surface area contributed by atoms with Gasteiger partial charge in [-0.25, -0.2) is 9.18 Å². The maximum atomic E-state index is 14.4. The predicted molar refractivity (Wildman–Crippen MR) is 92.1 cm³/mol. The van der Waals surface area contributed by atoms with Crippen LogP contribution in [0.25, 0.3) is 0 Å². The zero-order valence-electron chi connectivity index (χ0n) is 13.8. The van der Waals surface area contributed by atoms with Crippen molar-refractivity contribution in [2.45, 2.75) is 25.7 Å². The van der Waals surface area contributed by atoms with Gasteiger partial charge in [-0.2, -0.15) is 0 Å². The number of nitrogens with two attached hydrogens (primary N) is 1. The van der Waals surface area contributed by atoms with Crippen LogP contribution in [0.3, 0.4) is 0 Å². The Bertz CT molecular complexity index is 818. The quantitative estimate of drug-likeness (QED) is 0.860. The Morgan fingerprint density at radius 3 is 2.60 bits per heavy atom. The van der Waals surface area contributed by atoms with Crippen LogP contribution in [0, 0.1) is 11.7 Å². The number of carbonyl (C=O) groups excluding carboxylic acids is 2. The molecule has 0 aromatic heterocycles. The highest BCUT2D eigenvalue weighted by molar-refractivity contribution is 6.05. The normalized spacial score (nSPS) is 14.6. The monoisotopic (exact) mass is 342 g/mol. The molecule has 3 rings (SSSR count). The molecule has 0 aliphatic heterocycles. The van der Waals surface area contributed by atoms with Gasteiger partial charge in [-0.1, -0.05) is 31.2 Å². The molecule has 2 aromatic carbocycles. The molecule has 130 valence electrons. The van der Waals surface area contributed by atoms with E-state index in [0.29, 0.717) is 11.5 Å². The van der Waals surface area contributed by atoms with Crippen LogP contribution in [0.15, 0.2) is 42.5 Å². The number of rotatable bonds is 5. The molecule has 0 bridgehead atoms. The van der Waals surface area contributed by atoms with Crippen molar-refractivity contribution in [3.8, 4) is 5.75 Å². The van der Waals surface area contributed by atoms with Crippen LogP contribution in [0.2, 0.25) is 0 Å². The van der Waals surface area contributed by atoms with Gasteiger partial charge in [-0.3, -0.25) is 4.79 Å². The van der Waals surface area contributed by atoms with E-state index in [-0.39, 0.29) is 17.4 Å². The molecule has 0 saturated heterocycles. The third-order valence-electron chi connectivity index (χ3n) is 4.45. The maximum absolute atomic E-state index is 14.4. The van der Waals surface area contributed by atoms with Gasteiger partial charge < -0.3 is 15.8 Å². The van der Waals surface area contributed by atoms with Crippen molar-refractivity contribution < 1.29 is 18.7 Å². The molecule has 2 amide bonds. The van der Waals surface area contributed by atoms with Gasteiger partial charge in [0, 0.05) is 5.56 Å². The third-order valence-corrected chi connectivity index (χ3v) is 4.45. The van der Waals surface area contributed by atoms with Crippen molar-refractivity contribution in [1.29, 1.82) is 0 Å². The van der Waals surface area contributed by atoms with Gasteiger partial charge >= 0.3 is 6.09 Å². The first-order chi connectivity index (χ1) is 12.0. The maximum Gasteiger partial charge on any atom is 0.410 e. The molecular formula is C19H19FN2O3. The van der Waals surface area contributed by atoms with Gasteiger partial charge in [0.25, 0.3) is 5.91 Å². The Morgan fingerprint density at radius 2 is 1.92 bits per heavy atom. The molecular weight excluding hydrogens is 323 g/mol. The first-order valence-electron chi connectivity index (χ1n) is 8.13. The van der Waals surface area contributed by atoms with E-state index in [0.717, 1.165) is 18.4 Å². The highest BCUT2D eigenvalue weighted by atomic mass is 19.1. The van der Waals surface area contributed by atoms with E-state index in [1.807, 2.05) is 12.1 Å². The molecule has 1 atom stereocenters. The van der Waals surface area contributed by atoms with Gasteiger partial charge in [0.15, 0.2) is 11.6 Å². The number of amides is 2. The van der Waals surface area contributed by atoms with Crippen LogP contribution in [-0.2, 0) is 0 Å². The SMILES string of the molecule is CC(c1ccccc1C(=O)Nc1cccc(OC(N)=O)c1F)C1CC1. The smallest absolute Gasteiger partial charge is 0.407 e. The number of anilines is 1. The Balaban J connectivity index is 1.85. The van der Waals surface area contributed by atoms with Crippen LogP contribution >= 0.6 is 0 Å². The highest BCUT2D eigenvalue weighted by Crippen LogP contribution is 2.43. The highest BCUT2D eigenvalue weighted by Gasteiger charge is 2.31. The molecule has 6 heteroatoms. The summed E-state index contributed by atoms with van der Waals surface area (Å²) in [5, 5.41) is 2.55. The average Bonchev–Trinajstić information content (AvgIpc) is 3.42. The number of halogens is 1. The Morgan fingerprint density at radius 1 is 1.20 bits per heavy atom. The second-order valence-corrected chi connectivity index (χ2v) is 6.21. The van der Waals surface area contributed by atoms with Gasteiger partial charge in [0.05, 0.1) is 5.69 Å². The van der Waals surface area contributed by atoms with Gasteiger partial charge in [0.2, 0.25) is 0 Å². The zero-order valence-corrected chi connectivity index (χ0v) is 13.8. The molecule has 1 saturated carbocycles. The molecule has 3 N–H and O–H groups in total. The topological polar surface area (TPSA) is 81.4 Å². The largest absolute Gasteiger partial charge is 0.410 e. The lowest BCUT2D eigenvalue weighted by Crippen LogP contribution is -2.19. The molecule has 2 aromatic rings. The second-order valence-electron chi connectivity index (χ2n) is 6.21. The predicted octanol–water partition coefficient (Wildman–Crippen LogP) is 4.05. The fraction of sp³-hybridized carbons (Fsp3) is 0.263. The Kier molecular flexibility index (Phi) is 4.70. The average molecular weight is 342 g/mol. The minimum absolute atomic E-state index is 0.0716. The summed E-state index contributed by atoms with van der Waals surface area (Å²) in [5.41, 5.74) is 6.30. The summed E-state index contributed by atoms with van der Waals surface area (Å²) in [7, 11) is 0. The molecule has 1 aliphatic rings. The number of primary amides is 1. The lowest BCUT2D eigenvalue weighted by atomic mass is 9.91. The second kappa shape index (κ2) is 6.93. The molecule has 5 nitrogen and oxygen atoms in total. The van der Waals surface area contributed by atoms with E-state index in [4.69, 9.17) is 5.73 Å². The number of hydrogen-bond acceptors (Lipinski definition) is 3.